The standard InChI is InChI=1S/C17H21N5O2.C2HF3O2/c18-9-15(23)22-6-4-17(5-7-22)8-14(17)20-16(24)11-2-1-3-13-12(11)10-19-21-13;3-2(4,5)1(6)7/h1-3,10,14H,4-9,18H2,(H,19,21)(H,20,24);(H,6,7). The number of piperidine rings is 1. The third-order valence-corrected chi connectivity index (χ3v) is 5.75. The van der Waals surface area contributed by atoms with Crippen LogP contribution in [-0.2, 0) is 9.59 Å². The van der Waals surface area contributed by atoms with Crippen molar-refractivity contribution in [2.45, 2.75) is 31.5 Å². The van der Waals surface area contributed by atoms with Crippen molar-refractivity contribution in [3.63, 3.8) is 0 Å². The molecule has 1 aromatic carbocycles. The Hall–Kier alpha value is -3.15. The fourth-order valence-corrected chi connectivity index (χ4v) is 3.84. The predicted molar refractivity (Wildman–Crippen MR) is 103 cm³/mol. The Labute approximate surface area is 174 Å². The highest BCUT2D eigenvalue weighted by molar-refractivity contribution is 6.06. The number of rotatable bonds is 3. The fraction of sp³-hybridized carbons (Fsp3) is 0.474. The maximum Gasteiger partial charge on any atom is 0.490 e. The monoisotopic (exact) mass is 441 g/mol. The molecule has 1 saturated heterocycles. The molecule has 2 aromatic rings. The summed E-state index contributed by atoms with van der Waals surface area (Å²) in [7, 11) is 0. The number of likely N-dealkylation sites (tertiary alicyclic amines) is 1. The van der Waals surface area contributed by atoms with Crippen LogP contribution in [-0.4, -0.2) is 69.8 Å². The number of carbonyl (C=O) groups is 3. The molecule has 0 bridgehead atoms. The number of halogens is 3. The molecule has 31 heavy (non-hydrogen) atoms. The Morgan fingerprint density at radius 2 is 1.94 bits per heavy atom. The van der Waals surface area contributed by atoms with Crippen molar-refractivity contribution in [3.8, 4) is 0 Å². The van der Waals surface area contributed by atoms with Crippen molar-refractivity contribution in [1.29, 1.82) is 0 Å². The molecule has 1 aromatic heterocycles. The molecule has 2 heterocycles. The zero-order valence-electron chi connectivity index (χ0n) is 16.4. The number of alkyl halides is 3. The van der Waals surface area contributed by atoms with Crippen LogP contribution in [0.25, 0.3) is 10.9 Å². The Morgan fingerprint density at radius 3 is 2.52 bits per heavy atom. The molecule has 1 aliphatic carbocycles. The first-order valence-corrected chi connectivity index (χ1v) is 9.58. The summed E-state index contributed by atoms with van der Waals surface area (Å²) in [6.07, 6.45) is -0.548. The minimum atomic E-state index is -5.08. The number of aromatic amines is 1. The SMILES string of the molecule is NCC(=O)N1CCC2(CC1)CC2NC(=O)c1cccc2[nH]ncc12.O=C(O)C(F)(F)F. The van der Waals surface area contributed by atoms with Gasteiger partial charge in [-0.3, -0.25) is 14.7 Å². The van der Waals surface area contributed by atoms with Crippen LogP contribution in [0.15, 0.2) is 24.4 Å². The highest BCUT2D eigenvalue weighted by Crippen LogP contribution is 2.54. The zero-order chi connectivity index (χ0) is 22.8. The molecule has 2 amide bonds. The lowest BCUT2D eigenvalue weighted by atomic mass is 9.92. The van der Waals surface area contributed by atoms with Gasteiger partial charge in [0.2, 0.25) is 5.91 Å². The molecule has 1 saturated carbocycles. The number of H-pyrrole nitrogens is 1. The predicted octanol–water partition coefficient (Wildman–Crippen LogP) is 1.27. The van der Waals surface area contributed by atoms with Gasteiger partial charge in [-0.15, -0.1) is 0 Å². The van der Waals surface area contributed by atoms with Crippen LogP contribution in [0, 0.1) is 5.41 Å². The van der Waals surface area contributed by atoms with Crippen LogP contribution < -0.4 is 11.1 Å². The van der Waals surface area contributed by atoms with Gasteiger partial charge >= 0.3 is 12.1 Å². The largest absolute Gasteiger partial charge is 0.490 e. The molecule has 1 spiro atoms. The van der Waals surface area contributed by atoms with Crippen molar-refractivity contribution in [2.75, 3.05) is 19.6 Å². The summed E-state index contributed by atoms with van der Waals surface area (Å²) < 4.78 is 31.7. The minimum Gasteiger partial charge on any atom is -0.475 e. The smallest absolute Gasteiger partial charge is 0.475 e. The van der Waals surface area contributed by atoms with Gasteiger partial charge in [0, 0.05) is 24.5 Å². The Balaban J connectivity index is 0.000000339. The average Bonchev–Trinajstić information content (AvgIpc) is 3.14. The van der Waals surface area contributed by atoms with Crippen molar-refractivity contribution in [2.24, 2.45) is 11.1 Å². The normalized spacial score (nSPS) is 19.5. The summed E-state index contributed by atoms with van der Waals surface area (Å²) in [4.78, 5) is 35.0. The van der Waals surface area contributed by atoms with E-state index in [-0.39, 0.29) is 29.8 Å². The molecular weight excluding hydrogens is 419 g/mol. The van der Waals surface area contributed by atoms with E-state index in [0.717, 1.165) is 43.3 Å². The van der Waals surface area contributed by atoms with Crippen LogP contribution >= 0.6 is 0 Å². The number of carboxylic acids is 1. The Bertz CT molecular complexity index is 982. The summed E-state index contributed by atoms with van der Waals surface area (Å²) in [6, 6.07) is 5.78. The van der Waals surface area contributed by atoms with Gasteiger partial charge < -0.3 is 21.1 Å². The van der Waals surface area contributed by atoms with E-state index < -0.39 is 12.1 Å². The van der Waals surface area contributed by atoms with Crippen LogP contribution in [0.5, 0.6) is 0 Å². The van der Waals surface area contributed by atoms with Crippen molar-refractivity contribution < 1.29 is 32.7 Å². The molecule has 1 atom stereocenters. The number of carboxylic acid groups (broad SMARTS) is 1. The van der Waals surface area contributed by atoms with Crippen LogP contribution in [0.3, 0.4) is 0 Å². The number of fused-ring (bicyclic) bond motifs is 1. The van der Waals surface area contributed by atoms with E-state index in [9.17, 15) is 22.8 Å². The molecule has 5 N–H and O–H groups in total. The number of nitrogens with one attached hydrogen (secondary N) is 2. The van der Waals surface area contributed by atoms with E-state index in [0.29, 0.717) is 5.56 Å². The molecule has 1 aliphatic heterocycles. The van der Waals surface area contributed by atoms with Crippen molar-refractivity contribution in [3.05, 3.63) is 30.0 Å². The number of benzene rings is 1. The quantitative estimate of drug-likeness (QED) is 0.565. The number of hydrogen-bond acceptors (Lipinski definition) is 5. The lowest BCUT2D eigenvalue weighted by molar-refractivity contribution is -0.192. The van der Waals surface area contributed by atoms with Gasteiger partial charge in [-0.2, -0.15) is 18.3 Å². The summed E-state index contributed by atoms with van der Waals surface area (Å²) in [6.45, 7) is 1.54. The van der Waals surface area contributed by atoms with Gasteiger partial charge in [0.25, 0.3) is 5.91 Å². The molecular formula is C19H22F3N5O4. The van der Waals surface area contributed by atoms with Gasteiger partial charge in [0.05, 0.1) is 23.8 Å². The number of aliphatic carboxylic acids is 1. The van der Waals surface area contributed by atoms with Gasteiger partial charge in [-0.1, -0.05) is 6.07 Å². The molecule has 12 heteroatoms. The fourth-order valence-electron chi connectivity index (χ4n) is 3.84. The maximum absolute atomic E-state index is 12.6. The highest BCUT2D eigenvalue weighted by atomic mass is 19.4. The number of hydrogen-bond donors (Lipinski definition) is 4. The molecule has 168 valence electrons. The van der Waals surface area contributed by atoms with Gasteiger partial charge in [-0.05, 0) is 36.8 Å². The van der Waals surface area contributed by atoms with E-state index >= 15 is 0 Å². The molecule has 1 unspecified atom stereocenters. The van der Waals surface area contributed by atoms with E-state index in [1.165, 1.54) is 0 Å². The maximum atomic E-state index is 12.6. The van der Waals surface area contributed by atoms with E-state index in [1.807, 2.05) is 23.1 Å². The van der Waals surface area contributed by atoms with E-state index in [4.69, 9.17) is 15.6 Å². The molecule has 4 rings (SSSR count). The lowest BCUT2D eigenvalue weighted by Gasteiger charge is -2.32. The summed E-state index contributed by atoms with van der Waals surface area (Å²) >= 11 is 0. The Kier molecular flexibility index (Phi) is 6.20. The first-order valence-electron chi connectivity index (χ1n) is 9.58. The second kappa shape index (κ2) is 8.53. The second-order valence-electron chi connectivity index (χ2n) is 7.62. The second-order valence-corrected chi connectivity index (χ2v) is 7.62. The third-order valence-electron chi connectivity index (χ3n) is 5.75. The van der Waals surface area contributed by atoms with Crippen molar-refractivity contribution >= 4 is 28.7 Å². The molecule has 2 fully saturated rings. The number of aromatic nitrogens is 2. The van der Waals surface area contributed by atoms with Crippen LogP contribution in [0.4, 0.5) is 13.2 Å². The lowest BCUT2D eigenvalue weighted by Crippen LogP contribution is -2.44. The zero-order valence-corrected chi connectivity index (χ0v) is 16.4. The van der Waals surface area contributed by atoms with E-state index in [1.54, 1.807) is 6.20 Å². The number of carbonyl (C=O) groups excluding carboxylic acids is 2. The number of amides is 2. The first-order chi connectivity index (χ1) is 14.6. The topological polar surface area (TPSA) is 141 Å². The average molecular weight is 441 g/mol. The van der Waals surface area contributed by atoms with Gasteiger partial charge in [0.1, 0.15) is 0 Å². The number of nitrogens with zero attached hydrogens (tertiary/aromatic N) is 2. The van der Waals surface area contributed by atoms with Crippen molar-refractivity contribution in [1.82, 2.24) is 20.4 Å². The highest BCUT2D eigenvalue weighted by Gasteiger charge is 2.55. The Morgan fingerprint density at radius 1 is 1.29 bits per heavy atom. The van der Waals surface area contributed by atoms with Gasteiger partial charge in [0.15, 0.2) is 0 Å². The summed E-state index contributed by atoms with van der Waals surface area (Å²) in [5.41, 5.74) is 7.10. The summed E-state index contributed by atoms with van der Waals surface area (Å²) in [5.74, 6) is -2.80. The first kappa shape index (κ1) is 22.5. The molecule has 9 nitrogen and oxygen atoms in total. The molecule has 2 aliphatic rings. The summed E-state index contributed by atoms with van der Waals surface area (Å²) in [5, 5.41) is 18.0. The van der Waals surface area contributed by atoms with E-state index in [2.05, 4.69) is 15.5 Å². The van der Waals surface area contributed by atoms with Crippen LogP contribution in [0.1, 0.15) is 29.6 Å². The number of nitrogens with two attached hydrogens (primary N) is 1. The van der Waals surface area contributed by atoms with Gasteiger partial charge in [-0.25, -0.2) is 4.79 Å². The van der Waals surface area contributed by atoms with Crippen LogP contribution in [0.2, 0.25) is 0 Å². The molecule has 0 radical (unpaired) electrons. The minimum absolute atomic E-state index is 0.0118. The third kappa shape index (κ3) is 4.95.